The molecule has 0 spiro atoms. The summed E-state index contributed by atoms with van der Waals surface area (Å²) in [5.41, 5.74) is 2.28. The molecule has 0 saturated heterocycles. The highest BCUT2D eigenvalue weighted by Gasteiger charge is 2.27. The van der Waals surface area contributed by atoms with Crippen molar-refractivity contribution in [3.8, 4) is 0 Å². The van der Waals surface area contributed by atoms with Gasteiger partial charge in [0.1, 0.15) is 5.69 Å². The van der Waals surface area contributed by atoms with Gasteiger partial charge in [0.15, 0.2) is 5.82 Å². The Kier molecular flexibility index (Phi) is 5.16. The fourth-order valence-corrected chi connectivity index (χ4v) is 3.09. The Balaban J connectivity index is 1.81. The van der Waals surface area contributed by atoms with E-state index >= 15 is 0 Å². The van der Waals surface area contributed by atoms with Gasteiger partial charge in [-0.2, -0.15) is 0 Å². The molecule has 0 saturated carbocycles. The molecule has 2 heterocycles. The molecule has 0 atom stereocenters. The third-order valence-electron chi connectivity index (χ3n) is 4.25. The molecule has 6 nitrogen and oxygen atoms in total. The fraction of sp³-hybridized carbons (Fsp3) is 0.421. The summed E-state index contributed by atoms with van der Waals surface area (Å²) in [5.74, 6) is -0.113. The Morgan fingerprint density at radius 3 is 2.64 bits per heavy atom. The molecule has 1 aliphatic heterocycles. The summed E-state index contributed by atoms with van der Waals surface area (Å²) in [7, 11) is 0. The molecule has 2 aromatic rings. The van der Waals surface area contributed by atoms with Crippen LogP contribution in [0.3, 0.4) is 0 Å². The van der Waals surface area contributed by atoms with Crippen LogP contribution in [0.5, 0.6) is 0 Å². The van der Waals surface area contributed by atoms with Crippen molar-refractivity contribution in [3.63, 3.8) is 0 Å². The standard InChI is InChI=1S/C19H24N4O2/c1-13(2)21-18(24)16-15-10-6-7-11-23(15)17(22-16)19(25)20-12-14-8-4-3-5-9-14/h3-5,8-9,13H,6-7,10-12H2,1-2H3,(H,20,25)(H,21,24). The van der Waals surface area contributed by atoms with Crippen molar-refractivity contribution in [2.45, 2.75) is 52.2 Å². The Bertz CT molecular complexity index is 765. The Hall–Kier alpha value is -2.63. The molecular weight excluding hydrogens is 316 g/mol. The van der Waals surface area contributed by atoms with Crippen LogP contribution in [0, 0.1) is 0 Å². The van der Waals surface area contributed by atoms with Gasteiger partial charge in [-0.1, -0.05) is 30.3 Å². The molecule has 25 heavy (non-hydrogen) atoms. The van der Waals surface area contributed by atoms with Crippen molar-refractivity contribution in [2.24, 2.45) is 0 Å². The van der Waals surface area contributed by atoms with Gasteiger partial charge in [0.25, 0.3) is 11.8 Å². The van der Waals surface area contributed by atoms with Gasteiger partial charge in [0.2, 0.25) is 0 Å². The fourth-order valence-electron chi connectivity index (χ4n) is 3.09. The first-order chi connectivity index (χ1) is 12.1. The van der Waals surface area contributed by atoms with E-state index in [1.807, 2.05) is 48.7 Å². The van der Waals surface area contributed by atoms with Gasteiger partial charge in [-0.3, -0.25) is 9.59 Å². The van der Waals surface area contributed by atoms with E-state index in [1.54, 1.807) is 0 Å². The molecule has 2 amide bonds. The van der Waals surface area contributed by atoms with Gasteiger partial charge in [0, 0.05) is 19.1 Å². The van der Waals surface area contributed by atoms with E-state index in [1.165, 1.54) is 0 Å². The molecule has 6 heteroatoms. The molecule has 2 N–H and O–H groups in total. The second-order valence-corrected chi connectivity index (χ2v) is 6.64. The topological polar surface area (TPSA) is 76.0 Å². The molecule has 132 valence electrons. The van der Waals surface area contributed by atoms with Crippen LogP contribution in [0.15, 0.2) is 30.3 Å². The number of nitrogens with zero attached hydrogens (tertiary/aromatic N) is 2. The number of hydrogen-bond acceptors (Lipinski definition) is 3. The second kappa shape index (κ2) is 7.51. The third-order valence-corrected chi connectivity index (χ3v) is 4.25. The first-order valence-corrected chi connectivity index (χ1v) is 8.78. The first kappa shape index (κ1) is 17.2. The number of nitrogens with one attached hydrogen (secondary N) is 2. The van der Waals surface area contributed by atoms with Crippen molar-refractivity contribution in [3.05, 3.63) is 53.1 Å². The van der Waals surface area contributed by atoms with Crippen LogP contribution < -0.4 is 10.6 Å². The number of amides is 2. The lowest BCUT2D eigenvalue weighted by Crippen LogP contribution is -2.31. The number of benzene rings is 1. The van der Waals surface area contributed by atoms with Crippen molar-refractivity contribution < 1.29 is 9.59 Å². The van der Waals surface area contributed by atoms with Gasteiger partial charge in [-0.25, -0.2) is 4.98 Å². The minimum atomic E-state index is -0.240. The van der Waals surface area contributed by atoms with Crippen molar-refractivity contribution >= 4 is 11.8 Å². The van der Waals surface area contributed by atoms with Crippen molar-refractivity contribution in [1.29, 1.82) is 0 Å². The number of aromatic nitrogens is 2. The normalized spacial score (nSPS) is 13.4. The monoisotopic (exact) mass is 340 g/mol. The molecular formula is C19H24N4O2. The van der Waals surface area contributed by atoms with Gasteiger partial charge < -0.3 is 15.2 Å². The molecule has 0 aliphatic carbocycles. The Morgan fingerprint density at radius 1 is 1.16 bits per heavy atom. The summed E-state index contributed by atoms with van der Waals surface area (Å²) in [6, 6.07) is 9.77. The van der Waals surface area contributed by atoms with Crippen LogP contribution in [0.1, 0.15) is 59.1 Å². The molecule has 0 bridgehead atoms. The Morgan fingerprint density at radius 2 is 1.92 bits per heavy atom. The number of fused-ring (bicyclic) bond motifs is 1. The zero-order chi connectivity index (χ0) is 17.8. The van der Waals surface area contributed by atoms with Gasteiger partial charge >= 0.3 is 0 Å². The number of imidazole rings is 1. The molecule has 1 aromatic carbocycles. The number of carbonyl (C=O) groups excluding carboxylic acids is 2. The van der Waals surface area contributed by atoms with Crippen LogP contribution in [0.4, 0.5) is 0 Å². The van der Waals surface area contributed by atoms with E-state index in [9.17, 15) is 9.59 Å². The number of rotatable bonds is 5. The SMILES string of the molecule is CC(C)NC(=O)c1nc(C(=O)NCc2ccccc2)n2c1CCCC2. The maximum Gasteiger partial charge on any atom is 0.287 e. The van der Waals surface area contributed by atoms with Crippen LogP contribution in [0.25, 0.3) is 0 Å². The smallest absolute Gasteiger partial charge is 0.287 e. The molecule has 3 rings (SSSR count). The largest absolute Gasteiger partial charge is 0.348 e. The highest BCUT2D eigenvalue weighted by atomic mass is 16.2. The Labute approximate surface area is 147 Å². The molecule has 0 fully saturated rings. The summed E-state index contributed by atoms with van der Waals surface area (Å²) >= 11 is 0. The van der Waals surface area contributed by atoms with Gasteiger partial charge in [-0.15, -0.1) is 0 Å². The van der Waals surface area contributed by atoms with Crippen LogP contribution in [0.2, 0.25) is 0 Å². The predicted octanol–water partition coefficient (Wildman–Crippen LogP) is 2.29. The minimum Gasteiger partial charge on any atom is -0.348 e. The molecule has 1 aliphatic rings. The summed E-state index contributed by atoms with van der Waals surface area (Å²) < 4.78 is 1.90. The quantitative estimate of drug-likeness (QED) is 0.877. The van der Waals surface area contributed by atoms with E-state index in [0.717, 1.165) is 37.1 Å². The lowest BCUT2D eigenvalue weighted by atomic mass is 10.1. The van der Waals surface area contributed by atoms with E-state index < -0.39 is 0 Å². The van der Waals surface area contributed by atoms with Gasteiger partial charge in [-0.05, 0) is 38.7 Å². The summed E-state index contributed by atoms with van der Waals surface area (Å²) in [6.07, 6.45) is 2.78. The van der Waals surface area contributed by atoms with Crippen molar-refractivity contribution in [2.75, 3.05) is 0 Å². The van der Waals surface area contributed by atoms with E-state index in [2.05, 4.69) is 15.6 Å². The molecule has 0 radical (unpaired) electrons. The van der Waals surface area contributed by atoms with E-state index in [-0.39, 0.29) is 17.9 Å². The maximum absolute atomic E-state index is 12.6. The molecule has 1 aromatic heterocycles. The number of hydrogen-bond donors (Lipinski definition) is 2. The third kappa shape index (κ3) is 3.90. The zero-order valence-electron chi connectivity index (χ0n) is 14.7. The minimum absolute atomic E-state index is 0.0313. The average molecular weight is 340 g/mol. The van der Waals surface area contributed by atoms with E-state index in [0.29, 0.717) is 18.1 Å². The zero-order valence-corrected chi connectivity index (χ0v) is 14.7. The summed E-state index contributed by atoms with van der Waals surface area (Å²) in [4.78, 5) is 29.4. The highest BCUT2D eigenvalue weighted by molar-refractivity contribution is 5.97. The van der Waals surface area contributed by atoms with Gasteiger partial charge in [0.05, 0.1) is 5.69 Å². The maximum atomic E-state index is 12.6. The summed E-state index contributed by atoms with van der Waals surface area (Å²) in [5, 5.41) is 5.78. The average Bonchev–Trinajstić information content (AvgIpc) is 3.00. The van der Waals surface area contributed by atoms with Crippen LogP contribution >= 0.6 is 0 Å². The first-order valence-electron chi connectivity index (χ1n) is 8.78. The predicted molar refractivity (Wildman–Crippen MR) is 95.4 cm³/mol. The lowest BCUT2D eigenvalue weighted by molar-refractivity contribution is 0.0934. The highest BCUT2D eigenvalue weighted by Crippen LogP contribution is 2.21. The van der Waals surface area contributed by atoms with Crippen LogP contribution in [-0.2, 0) is 19.5 Å². The second-order valence-electron chi connectivity index (χ2n) is 6.64. The number of carbonyl (C=O) groups is 2. The lowest BCUT2D eigenvalue weighted by Gasteiger charge is -2.17. The summed E-state index contributed by atoms with van der Waals surface area (Å²) in [6.45, 7) is 4.99. The van der Waals surface area contributed by atoms with Crippen molar-refractivity contribution in [1.82, 2.24) is 20.2 Å². The molecule has 0 unspecified atom stereocenters. The van der Waals surface area contributed by atoms with E-state index in [4.69, 9.17) is 0 Å². The van der Waals surface area contributed by atoms with Crippen LogP contribution in [-0.4, -0.2) is 27.4 Å².